The van der Waals surface area contributed by atoms with Crippen LogP contribution in [0.4, 0.5) is 5.69 Å². The number of amides is 1. The van der Waals surface area contributed by atoms with Gasteiger partial charge in [0, 0.05) is 24.3 Å². The number of sulfonamides is 1. The van der Waals surface area contributed by atoms with E-state index in [2.05, 4.69) is 5.32 Å². The number of esters is 1. The first-order valence-electron chi connectivity index (χ1n) is 9.52. The molecule has 0 aromatic heterocycles. The number of carbonyl (C=O) groups is 2. The Labute approximate surface area is 170 Å². The van der Waals surface area contributed by atoms with E-state index in [4.69, 9.17) is 4.74 Å². The van der Waals surface area contributed by atoms with Crippen LogP contribution < -0.4 is 5.32 Å². The van der Waals surface area contributed by atoms with Crippen molar-refractivity contribution in [3.8, 4) is 0 Å². The van der Waals surface area contributed by atoms with Gasteiger partial charge in [-0.3, -0.25) is 4.79 Å². The zero-order valence-corrected chi connectivity index (χ0v) is 17.3. The molecule has 7 nitrogen and oxygen atoms in total. The maximum atomic E-state index is 12.8. The summed E-state index contributed by atoms with van der Waals surface area (Å²) >= 11 is 0. The Hall–Kier alpha value is -2.71. The minimum absolute atomic E-state index is 0.107. The molecule has 0 saturated carbocycles. The first-order chi connectivity index (χ1) is 13.8. The van der Waals surface area contributed by atoms with Crippen LogP contribution in [0.25, 0.3) is 0 Å². The van der Waals surface area contributed by atoms with E-state index in [9.17, 15) is 18.0 Å². The van der Waals surface area contributed by atoms with Crippen molar-refractivity contribution in [1.82, 2.24) is 4.31 Å². The minimum atomic E-state index is -3.62. The predicted molar refractivity (Wildman–Crippen MR) is 110 cm³/mol. The molecule has 1 fully saturated rings. The van der Waals surface area contributed by atoms with Gasteiger partial charge in [-0.25, -0.2) is 13.2 Å². The number of ether oxygens (including phenoxy) is 1. The summed E-state index contributed by atoms with van der Waals surface area (Å²) < 4.78 is 32.0. The van der Waals surface area contributed by atoms with E-state index < -0.39 is 21.9 Å². The third-order valence-corrected chi connectivity index (χ3v) is 6.68. The van der Waals surface area contributed by atoms with Crippen LogP contribution in [-0.2, 0) is 14.8 Å². The second kappa shape index (κ2) is 8.75. The van der Waals surface area contributed by atoms with E-state index in [1.54, 1.807) is 38.1 Å². The third-order valence-electron chi connectivity index (χ3n) is 4.79. The highest BCUT2D eigenvalue weighted by atomic mass is 32.2. The van der Waals surface area contributed by atoms with Gasteiger partial charge in [-0.15, -0.1) is 0 Å². The molecule has 2 aromatic rings. The summed E-state index contributed by atoms with van der Waals surface area (Å²) in [6, 6.07) is 11.0. The predicted octanol–water partition coefficient (Wildman–Crippen LogP) is 3.21. The zero-order valence-electron chi connectivity index (χ0n) is 16.5. The van der Waals surface area contributed by atoms with Crippen molar-refractivity contribution in [3.05, 3.63) is 59.2 Å². The summed E-state index contributed by atoms with van der Waals surface area (Å²) in [6.07, 6.45) is 1.69. The quantitative estimate of drug-likeness (QED) is 0.730. The SMILES string of the molecule is CCOC(=O)c1cccc(NC(=O)c2cc(S(=O)(=O)N3CCCC3)ccc2C)c1. The van der Waals surface area contributed by atoms with E-state index in [1.807, 2.05) is 0 Å². The van der Waals surface area contributed by atoms with Gasteiger partial charge in [-0.1, -0.05) is 12.1 Å². The second-order valence-corrected chi connectivity index (χ2v) is 8.78. The molecule has 1 saturated heterocycles. The Morgan fingerprint density at radius 1 is 1.10 bits per heavy atom. The lowest BCUT2D eigenvalue weighted by Gasteiger charge is -2.17. The Morgan fingerprint density at radius 2 is 1.83 bits per heavy atom. The van der Waals surface area contributed by atoms with Crippen LogP contribution in [-0.4, -0.2) is 44.3 Å². The van der Waals surface area contributed by atoms with Crippen LogP contribution >= 0.6 is 0 Å². The lowest BCUT2D eigenvalue weighted by atomic mass is 10.1. The Kier molecular flexibility index (Phi) is 6.34. The molecule has 1 N–H and O–H groups in total. The molecular formula is C21H24N2O5S. The molecule has 1 heterocycles. The summed E-state index contributed by atoms with van der Waals surface area (Å²) in [5.74, 6) is -0.916. The highest BCUT2D eigenvalue weighted by molar-refractivity contribution is 7.89. The summed E-state index contributed by atoms with van der Waals surface area (Å²) in [6.45, 7) is 4.72. The molecule has 0 spiro atoms. The van der Waals surface area contributed by atoms with Crippen LogP contribution in [0.5, 0.6) is 0 Å². The molecule has 154 valence electrons. The molecule has 0 atom stereocenters. The molecule has 2 aromatic carbocycles. The van der Waals surface area contributed by atoms with Crippen LogP contribution in [0.1, 0.15) is 46.0 Å². The fourth-order valence-electron chi connectivity index (χ4n) is 3.22. The number of nitrogens with one attached hydrogen (secondary N) is 1. The monoisotopic (exact) mass is 416 g/mol. The van der Waals surface area contributed by atoms with E-state index in [-0.39, 0.29) is 17.1 Å². The fourth-order valence-corrected chi connectivity index (χ4v) is 4.76. The highest BCUT2D eigenvalue weighted by Crippen LogP contribution is 2.24. The molecule has 29 heavy (non-hydrogen) atoms. The second-order valence-electron chi connectivity index (χ2n) is 6.84. The summed E-state index contributed by atoms with van der Waals surface area (Å²) in [4.78, 5) is 24.8. The molecule has 0 bridgehead atoms. The number of hydrogen-bond donors (Lipinski definition) is 1. The van der Waals surface area contributed by atoms with Gasteiger partial charge in [0.15, 0.2) is 0 Å². The standard InChI is InChI=1S/C21H24N2O5S/c1-3-28-21(25)16-7-6-8-17(13-16)22-20(24)19-14-18(10-9-15(19)2)29(26,27)23-11-4-5-12-23/h6-10,13-14H,3-5,11-12H2,1-2H3,(H,22,24). The zero-order chi connectivity index (χ0) is 21.0. The largest absolute Gasteiger partial charge is 0.462 e. The average molecular weight is 416 g/mol. The van der Waals surface area contributed by atoms with Gasteiger partial charge in [0.25, 0.3) is 5.91 Å². The normalized spacial score (nSPS) is 14.6. The molecule has 1 amide bonds. The Bertz CT molecular complexity index is 1030. The van der Waals surface area contributed by atoms with Gasteiger partial charge < -0.3 is 10.1 Å². The summed E-state index contributed by atoms with van der Waals surface area (Å²) in [7, 11) is -3.62. The van der Waals surface area contributed by atoms with Gasteiger partial charge in [-0.05, 0) is 62.6 Å². The van der Waals surface area contributed by atoms with Crippen LogP contribution in [0.2, 0.25) is 0 Å². The van der Waals surface area contributed by atoms with Crippen molar-refractivity contribution in [2.75, 3.05) is 25.0 Å². The molecule has 1 aliphatic rings. The van der Waals surface area contributed by atoms with Crippen LogP contribution in [0.3, 0.4) is 0 Å². The van der Waals surface area contributed by atoms with Gasteiger partial charge in [-0.2, -0.15) is 4.31 Å². The number of anilines is 1. The third kappa shape index (κ3) is 4.65. The Morgan fingerprint density at radius 3 is 2.52 bits per heavy atom. The summed E-state index contributed by atoms with van der Waals surface area (Å²) in [5, 5.41) is 2.73. The minimum Gasteiger partial charge on any atom is -0.462 e. The first-order valence-corrected chi connectivity index (χ1v) is 11.0. The number of benzene rings is 2. The van der Waals surface area contributed by atoms with Crippen molar-refractivity contribution in [1.29, 1.82) is 0 Å². The van der Waals surface area contributed by atoms with E-state index in [1.165, 1.54) is 22.5 Å². The number of hydrogen-bond acceptors (Lipinski definition) is 5. The smallest absolute Gasteiger partial charge is 0.338 e. The molecule has 0 radical (unpaired) electrons. The average Bonchev–Trinajstić information content (AvgIpc) is 3.24. The lowest BCUT2D eigenvalue weighted by molar-refractivity contribution is 0.0526. The number of aryl methyl sites for hydroxylation is 1. The van der Waals surface area contributed by atoms with Gasteiger partial charge in [0.05, 0.1) is 17.1 Å². The molecule has 3 rings (SSSR count). The molecular weight excluding hydrogens is 392 g/mol. The van der Waals surface area contributed by atoms with E-state index >= 15 is 0 Å². The van der Waals surface area contributed by atoms with Gasteiger partial charge in [0.1, 0.15) is 0 Å². The molecule has 0 aliphatic carbocycles. The number of carbonyl (C=O) groups excluding carboxylic acids is 2. The van der Waals surface area contributed by atoms with Crippen molar-refractivity contribution in [2.24, 2.45) is 0 Å². The Balaban J connectivity index is 1.84. The number of nitrogens with zero attached hydrogens (tertiary/aromatic N) is 1. The van der Waals surface area contributed by atoms with Crippen molar-refractivity contribution < 1.29 is 22.7 Å². The fraction of sp³-hybridized carbons (Fsp3) is 0.333. The van der Waals surface area contributed by atoms with Crippen LogP contribution in [0.15, 0.2) is 47.4 Å². The van der Waals surface area contributed by atoms with E-state index in [0.717, 1.165) is 12.8 Å². The van der Waals surface area contributed by atoms with Crippen LogP contribution in [0, 0.1) is 6.92 Å². The van der Waals surface area contributed by atoms with Crippen molar-refractivity contribution in [3.63, 3.8) is 0 Å². The maximum absolute atomic E-state index is 12.8. The maximum Gasteiger partial charge on any atom is 0.338 e. The van der Waals surface area contributed by atoms with Gasteiger partial charge in [0.2, 0.25) is 10.0 Å². The molecule has 1 aliphatic heterocycles. The highest BCUT2D eigenvalue weighted by Gasteiger charge is 2.28. The molecule has 0 unspecified atom stereocenters. The van der Waals surface area contributed by atoms with Crippen molar-refractivity contribution in [2.45, 2.75) is 31.6 Å². The number of rotatable bonds is 6. The topological polar surface area (TPSA) is 92.8 Å². The first kappa shape index (κ1) is 21.0. The lowest BCUT2D eigenvalue weighted by Crippen LogP contribution is -2.28. The summed E-state index contributed by atoms with van der Waals surface area (Å²) in [5.41, 5.74) is 1.68. The molecule has 8 heteroatoms. The van der Waals surface area contributed by atoms with Crippen molar-refractivity contribution >= 4 is 27.6 Å². The van der Waals surface area contributed by atoms with Gasteiger partial charge >= 0.3 is 5.97 Å². The van der Waals surface area contributed by atoms with E-state index in [0.29, 0.717) is 29.9 Å².